The van der Waals surface area contributed by atoms with Crippen LogP contribution in [0, 0.1) is 11.3 Å². The Morgan fingerprint density at radius 2 is 1.93 bits per heavy atom. The van der Waals surface area contributed by atoms with Crippen LogP contribution in [-0.4, -0.2) is 59.6 Å². The Morgan fingerprint density at radius 3 is 2.64 bits per heavy atom. The molecule has 0 radical (unpaired) electrons. The highest BCUT2D eigenvalue weighted by molar-refractivity contribution is 7.92. The third-order valence-corrected chi connectivity index (χ3v) is 11.1. The smallest absolute Gasteiger partial charge is 0.261 e. The van der Waals surface area contributed by atoms with Gasteiger partial charge in [0, 0.05) is 54.8 Å². The van der Waals surface area contributed by atoms with Crippen molar-refractivity contribution >= 4 is 43.2 Å². The SMILES string of the molecule is CC(C)(C)[C@H]1CCc2nc3sc(C(=O)N[C@H](CCN4CCC(n5ccnc5)CC4)c4cccc(NS(C)(=O)=O)c4)cc3cc2C1. The van der Waals surface area contributed by atoms with Gasteiger partial charge in [0.15, 0.2) is 0 Å². The van der Waals surface area contributed by atoms with Gasteiger partial charge in [0.25, 0.3) is 5.91 Å². The van der Waals surface area contributed by atoms with Gasteiger partial charge in [0.1, 0.15) is 4.83 Å². The molecule has 9 nitrogen and oxygen atoms in total. The van der Waals surface area contributed by atoms with Crippen LogP contribution in [0.3, 0.4) is 0 Å². The highest BCUT2D eigenvalue weighted by Crippen LogP contribution is 2.38. The molecule has 45 heavy (non-hydrogen) atoms. The van der Waals surface area contributed by atoms with E-state index in [-0.39, 0.29) is 17.4 Å². The number of sulfonamides is 1. The minimum atomic E-state index is -3.43. The van der Waals surface area contributed by atoms with Gasteiger partial charge < -0.3 is 14.8 Å². The second-order valence-corrected chi connectivity index (χ2v) is 16.6. The molecule has 1 aliphatic carbocycles. The molecule has 11 heteroatoms. The number of carbonyl (C=O) groups is 1. The number of likely N-dealkylation sites (tertiary alicyclic amines) is 1. The number of fused-ring (bicyclic) bond motifs is 2. The number of anilines is 1. The van der Waals surface area contributed by atoms with Crippen LogP contribution in [0.4, 0.5) is 5.69 Å². The van der Waals surface area contributed by atoms with Gasteiger partial charge in [0.05, 0.1) is 23.5 Å². The summed E-state index contributed by atoms with van der Waals surface area (Å²) in [6.07, 6.45) is 12.9. The number of hydrogen-bond donors (Lipinski definition) is 2. The van der Waals surface area contributed by atoms with Crippen LogP contribution in [0.25, 0.3) is 10.2 Å². The predicted octanol–water partition coefficient (Wildman–Crippen LogP) is 6.21. The molecule has 3 aromatic heterocycles. The van der Waals surface area contributed by atoms with E-state index < -0.39 is 10.0 Å². The lowest BCUT2D eigenvalue weighted by Crippen LogP contribution is -2.37. The zero-order chi connectivity index (χ0) is 31.8. The van der Waals surface area contributed by atoms with Crippen LogP contribution in [0.2, 0.25) is 0 Å². The number of imidazole rings is 1. The Morgan fingerprint density at radius 1 is 1.13 bits per heavy atom. The first kappa shape index (κ1) is 31.7. The van der Waals surface area contributed by atoms with Crippen molar-refractivity contribution in [2.45, 2.75) is 71.4 Å². The van der Waals surface area contributed by atoms with E-state index in [1.807, 2.05) is 43.0 Å². The number of hydrogen-bond acceptors (Lipinski definition) is 7. The first-order chi connectivity index (χ1) is 21.4. The number of nitrogens with zero attached hydrogens (tertiary/aromatic N) is 4. The van der Waals surface area contributed by atoms with Crippen molar-refractivity contribution in [1.82, 2.24) is 24.8 Å². The van der Waals surface area contributed by atoms with E-state index >= 15 is 0 Å². The number of benzene rings is 1. The van der Waals surface area contributed by atoms with Crippen molar-refractivity contribution in [2.24, 2.45) is 11.3 Å². The fourth-order valence-corrected chi connectivity index (χ4v) is 8.29. The summed E-state index contributed by atoms with van der Waals surface area (Å²) in [6, 6.07) is 11.7. The number of nitrogens with one attached hydrogen (secondary N) is 2. The van der Waals surface area contributed by atoms with Gasteiger partial charge in [-0.25, -0.2) is 18.4 Å². The van der Waals surface area contributed by atoms with Gasteiger partial charge >= 0.3 is 0 Å². The van der Waals surface area contributed by atoms with E-state index in [1.165, 1.54) is 22.6 Å². The first-order valence-electron chi connectivity index (χ1n) is 15.9. The van der Waals surface area contributed by atoms with Gasteiger partial charge in [-0.1, -0.05) is 32.9 Å². The molecular formula is C34H44N6O3S2. The Balaban J connectivity index is 1.19. The molecule has 1 amide bonds. The molecular weight excluding hydrogens is 605 g/mol. The molecule has 0 unspecified atom stereocenters. The molecule has 1 fully saturated rings. The third-order valence-electron chi connectivity index (χ3n) is 9.46. The average Bonchev–Trinajstić information content (AvgIpc) is 3.67. The van der Waals surface area contributed by atoms with Crippen LogP contribution >= 0.6 is 11.3 Å². The van der Waals surface area contributed by atoms with E-state index in [0.717, 1.165) is 73.8 Å². The van der Waals surface area contributed by atoms with Gasteiger partial charge in [-0.05, 0) is 85.3 Å². The first-order valence-corrected chi connectivity index (χ1v) is 18.6. The molecule has 2 atom stereocenters. The lowest BCUT2D eigenvalue weighted by molar-refractivity contribution is 0.0933. The van der Waals surface area contributed by atoms with E-state index in [1.54, 1.807) is 6.07 Å². The number of amides is 1. The number of aromatic nitrogens is 3. The monoisotopic (exact) mass is 648 g/mol. The summed E-state index contributed by atoms with van der Waals surface area (Å²) in [6.45, 7) is 9.71. The predicted molar refractivity (Wildman–Crippen MR) is 181 cm³/mol. The number of aryl methyl sites for hydroxylation is 1. The molecule has 1 saturated heterocycles. The zero-order valence-electron chi connectivity index (χ0n) is 26.6. The summed E-state index contributed by atoms with van der Waals surface area (Å²) in [4.78, 5) is 27.0. The van der Waals surface area contributed by atoms with Crippen LogP contribution in [0.5, 0.6) is 0 Å². The quantitative estimate of drug-likeness (QED) is 0.223. The van der Waals surface area contributed by atoms with E-state index in [4.69, 9.17) is 4.98 Å². The van der Waals surface area contributed by atoms with E-state index in [2.05, 4.69) is 51.3 Å². The Labute approximate surface area is 270 Å². The molecule has 240 valence electrons. The van der Waals surface area contributed by atoms with Crippen molar-refractivity contribution in [3.05, 3.63) is 76.8 Å². The van der Waals surface area contributed by atoms with Crippen LogP contribution in [0.1, 0.15) is 85.0 Å². The Bertz CT molecular complexity index is 1750. The third kappa shape index (κ3) is 7.76. The standard InChI is InChI=1S/C34H44N6O3S2/c1-34(2,3)26-8-9-29-24(19-26)18-25-21-31(44-33(25)37-29)32(41)36-30(23-6-5-7-27(20-23)38-45(4,42)43)12-16-39-14-10-28(11-15-39)40-17-13-35-22-40/h5-7,13,17-18,20-22,26,28,30,38H,8-12,14-16,19H2,1-4H3,(H,36,41)/t26-,30+/m0/s1. The van der Waals surface area contributed by atoms with Crippen molar-refractivity contribution < 1.29 is 13.2 Å². The molecule has 1 aromatic carbocycles. The number of piperidine rings is 1. The van der Waals surface area contributed by atoms with Gasteiger partial charge in [-0.2, -0.15) is 0 Å². The lowest BCUT2D eigenvalue weighted by Gasteiger charge is -2.34. The Kier molecular flexibility index (Phi) is 9.05. The highest BCUT2D eigenvalue weighted by atomic mass is 32.2. The molecule has 0 bridgehead atoms. The Hall–Kier alpha value is -3.28. The topological polar surface area (TPSA) is 109 Å². The normalized spacial score (nSPS) is 18.9. The molecule has 0 saturated carbocycles. The maximum Gasteiger partial charge on any atom is 0.261 e. The molecule has 1 aliphatic heterocycles. The average molecular weight is 649 g/mol. The lowest BCUT2D eigenvalue weighted by atomic mass is 9.71. The molecule has 2 aliphatic rings. The van der Waals surface area contributed by atoms with Crippen molar-refractivity contribution in [3.63, 3.8) is 0 Å². The van der Waals surface area contributed by atoms with Crippen molar-refractivity contribution in [3.8, 4) is 0 Å². The van der Waals surface area contributed by atoms with E-state index in [9.17, 15) is 13.2 Å². The summed E-state index contributed by atoms with van der Waals surface area (Å²) in [5.74, 6) is 0.491. The van der Waals surface area contributed by atoms with Gasteiger partial charge in [0.2, 0.25) is 10.0 Å². The number of rotatable bonds is 9. The number of thiophene rings is 1. The zero-order valence-corrected chi connectivity index (χ0v) is 28.3. The summed E-state index contributed by atoms with van der Waals surface area (Å²) in [5, 5.41) is 4.32. The molecule has 4 heterocycles. The molecule has 6 rings (SSSR count). The summed E-state index contributed by atoms with van der Waals surface area (Å²) < 4.78 is 28.6. The molecule has 4 aromatic rings. The molecule has 2 N–H and O–H groups in total. The largest absolute Gasteiger partial charge is 0.344 e. The maximum atomic E-state index is 13.8. The fourth-order valence-electron chi connectivity index (χ4n) is 6.80. The maximum absolute atomic E-state index is 13.8. The summed E-state index contributed by atoms with van der Waals surface area (Å²) in [7, 11) is -3.43. The minimum absolute atomic E-state index is 0.131. The second-order valence-electron chi connectivity index (χ2n) is 13.8. The van der Waals surface area contributed by atoms with Gasteiger partial charge in [-0.15, -0.1) is 11.3 Å². The van der Waals surface area contributed by atoms with Crippen LogP contribution in [0.15, 0.2) is 55.1 Å². The van der Waals surface area contributed by atoms with Crippen LogP contribution in [-0.2, 0) is 22.9 Å². The van der Waals surface area contributed by atoms with Crippen molar-refractivity contribution in [2.75, 3.05) is 30.6 Å². The highest BCUT2D eigenvalue weighted by Gasteiger charge is 2.30. The van der Waals surface area contributed by atoms with Crippen LogP contribution < -0.4 is 10.0 Å². The van der Waals surface area contributed by atoms with E-state index in [0.29, 0.717) is 28.9 Å². The number of carbonyl (C=O) groups excluding carboxylic acids is 1. The van der Waals surface area contributed by atoms with Crippen molar-refractivity contribution in [1.29, 1.82) is 0 Å². The minimum Gasteiger partial charge on any atom is -0.344 e. The summed E-state index contributed by atoms with van der Waals surface area (Å²) >= 11 is 1.45. The molecule has 0 spiro atoms. The summed E-state index contributed by atoms with van der Waals surface area (Å²) in [5.41, 5.74) is 4.09. The fraction of sp³-hybridized carbons (Fsp3) is 0.500. The number of pyridine rings is 1. The second kappa shape index (κ2) is 12.8. The van der Waals surface area contributed by atoms with Gasteiger partial charge in [-0.3, -0.25) is 9.52 Å².